The van der Waals surface area contributed by atoms with Crippen LogP contribution in [0.15, 0.2) is 77.2 Å². The van der Waals surface area contributed by atoms with Crippen molar-refractivity contribution in [2.24, 2.45) is 5.10 Å². The highest BCUT2D eigenvalue weighted by Crippen LogP contribution is 2.12. The summed E-state index contributed by atoms with van der Waals surface area (Å²) < 4.78 is 26.4. The van der Waals surface area contributed by atoms with Gasteiger partial charge in [-0.3, -0.25) is 0 Å². The van der Waals surface area contributed by atoms with Gasteiger partial charge in [0.2, 0.25) is 0 Å². The first kappa shape index (κ1) is 16.9. The van der Waals surface area contributed by atoms with Crippen LogP contribution in [0.4, 0.5) is 0 Å². The first-order chi connectivity index (χ1) is 12.0. The molecule has 128 valence electrons. The molecule has 2 aromatic carbocycles. The number of hydrogen-bond acceptors (Lipinski definition) is 4. The third kappa shape index (κ3) is 3.95. The van der Waals surface area contributed by atoms with Gasteiger partial charge in [0.15, 0.2) is 0 Å². The van der Waals surface area contributed by atoms with Gasteiger partial charge in [-0.1, -0.05) is 29.8 Å². The molecule has 0 saturated carbocycles. The van der Waals surface area contributed by atoms with Crippen molar-refractivity contribution in [2.75, 3.05) is 0 Å². The van der Waals surface area contributed by atoms with E-state index in [1.54, 1.807) is 43.7 Å². The summed E-state index contributed by atoms with van der Waals surface area (Å²) in [4.78, 5) is 6.47. The summed E-state index contributed by atoms with van der Waals surface area (Å²) in [5, 5.41) is 4.02. The van der Waals surface area contributed by atoms with Gasteiger partial charge < -0.3 is 4.57 Å². The van der Waals surface area contributed by atoms with E-state index < -0.39 is 10.0 Å². The van der Waals surface area contributed by atoms with E-state index in [2.05, 4.69) is 14.9 Å². The Hall–Kier alpha value is -2.93. The van der Waals surface area contributed by atoms with Gasteiger partial charge >= 0.3 is 0 Å². The molecule has 0 saturated heterocycles. The molecule has 0 spiro atoms. The first-order valence-corrected chi connectivity index (χ1v) is 9.15. The standard InChI is InChI=1S/C18H18N4O2S/c1-14-3-9-18(10-4-14)25(23,24)21-20-15(2)16-5-7-17(8-6-16)22-12-11-19-13-22/h3-13,21H,1-2H3/b20-15-. The maximum absolute atomic E-state index is 12.3. The summed E-state index contributed by atoms with van der Waals surface area (Å²) in [7, 11) is -3.67. The number of benzene rings is 2. The van der Waals surface area contributed by atoms with E-state index in [1.165, 1.54) is 0 Å². The Kier molecular flexibility index (Phi) is 4.67. The number of nitrogens with zero attached hydrogens (tertiary/aromatic N) is 3. The number of hydrazone groups is 1. The summed E-state index contributed by atoms with van der Waals surface area (Å²) in [6.07, 6.45) is 5.28. The summed E-state index contributed by atoms with van der Waals surface area (Å²) in [6, 6.07) is 14.2. The van der Waals surface area contributed by atoms with Crippen LogP contribution in [0.3, 0.4) is 0 Å². The highest BCUT2D eigenvalue weighted by molar-refractivity contribution is 7.89. The Morgan fingerprint density at radius 3 is 2.36 bits per heavy atom. The average molecular weight is 354 g/mol. The zero-order chi connectivity index (χ0) is 17.9. The second-order valence-electron chi connectivity index (χ2n) is 5.62. The molecule has 1 heterocycles. The Morgan fingerprint density at radius 1 is 1.08 bits per heavy atom. The normalized spacial score (nSPS) is 12.2. The largest absolute Gasteiger partial charge is 0.306 e. The minimum Gasteiger partial charge on any atom is -0.306 e. The van der Waals surface area contributed by atoms with Crippen molar-refractivity contribution in [3.63, 3.8) is 0 Å². The maximum atomic E-state index is 12.3. The van der Waals surface area contributed by atoms with Gasteiger partial charge in [0.05, 0.1) is 16.9 Å². The number of sulfonamides is 1. The molecule has 7 heteroatoms. The van der Waals surface area contributed by atoms with Crippen molar-refractivity contribution >= 4 is 15.7 Å². The minimum absolute atomic E-state index is 0.185. The van der Waals surface area contributed by atoms with Crippen molar-refractivity contribution in [1.82, 2.24) is 14.4 Å². The van der Waals surface area contributed by atoms with E-state index in [0.29, 0.717) is 5.71 Å². The summed E-state index contributed by atoms with van der Waals surface area (Å²) in [6.45, 7) is 3.66. The van der Waals surface area contributed by atoms with E-state index in [1.807, 2.05) is 42.0 Å². The van der Waals surface area contributed by atoms with Crippen LogP contribution in [-0.4, -0.2) is 23.7 Å². The average Bonchev–Trinajstić information content (AvgIpc) is 3.15. The highest BCUT2D eigenvalue weighted by Gasteiger charge is 2.12. The van der Waals surface area contributed by atoms with Crippen LogP contribution in [0.5, 0.6) is 0 Å². The number of aryl methyl sites for hydroxylation is 1. The van der Waals surface area contributed by atoms with E-state index in [4.69, 9.17) is 0 Å². The molecule has 3 rings (SSSR count). The third-order valence-electron chi connectivity index (χ3n) is 3.75. The molecule has 6 nitrogen and oxygen atoms in total. The van der Waals surface area contributed by atoms with Crippen molar-refractivity contribution in [3.05, 3.63) is 78.4 Å². The number of aromatic nitrogens is 2. The molecule has 3 aromatic rings. The molecule has 0 fully saturated rings. The monoisotopic (exact) mass is 354 g/mol. The quantitative estimate of drug-likeness (QED) is 0.565. The molecule has 0 aliphatic rings. The maximum Gasteiger partial charge on any atom is 0.276 e. The Morgan fingerprint density at radius 2 is 1.76 bits per heavy atom. The van der Waals surface area contributed by atoms with Gasteiger partial charge in [-0.05, 0) is 43.7 Å². The van der Waals surface area contributed by atoms with Crippen LogP contribution >= 0.6 is 0 Å². The fourth-order valence-electron chi connectivity index (χ4n) is 2.25. The fourth-order valence-corrected chi connectivity index (χ4v) is 3.11. The Balaban J connectivity index is 1.76. The molecule has 1 N–H and O–H groups in total. The van der Waals surface area contributed by atoms with Crippen molar-refractivity contribution in [1.29, 1.82) is 0 Å². The number of hydrogen-bond donors (Lipinski definition) is 1. The number of rotatable bonds is 5. The lowest BCUT2D eigenvalue weighted by Crippen LogP contribution is -2.20. The van der Waals surface area contributed by atoms with Crippen molar-refractivity contribution in [3.8, 4) is 5.69 Å². The third-order valence-corrected chi connectivity index (χ3v) is 4.98. The highest BCUT2D eigenvalue weighted by atomic mass is 32.2. The van der Waals surface area contributed by atoms with Gasteiger partial charge in [-0.15, -0.1) is 0 Å². The van der Waals surface area contributed by atoms with E-state index in [0.717, 1.165) is 16.8 Å². The topological polar surface area (TPSA) is 76.3 Å². The van der Waals surface area contributed by atoms with Gasteiger partial charge in [0, 0.05) is 18.1 Å². The summed E-state index contributed by atoms with van der Waals surface area (Å²) >= 11 is 0. The second-order valence-corrected chi connectivity index (χ2v) is 7.28. The zero-order valence-electron chi connectivity index (χ0n) is 13.9. The minimum atomic E-state index is -3.67. The van der Waals surface area contributed by atoms with Crippen LogP contribution in [0.1, 0.15) is 18.1 Å². The molecule has 0 radical (unpaired) electrons. The molecule has 0 aliphatic heterocycles. The molecule has 0 amide bonds. The zero-order valence-corrected chi connectivity index (χ0v) is 14.7. The lowest BCUT2D eigenvalue weighted by molar-refractivity contribution is 0.584. The predicted molar refractivity (Wildman–Crippen MR) is 97.3 cm³/mol. The lowest BCUT2D eigenvalue weighted by atomic mass is 10.1. The smallest absolute Gasteiger partial charge is 0.276 e. The Bertz CT molecular complexity index is 975. The van der Waals surface area contributed by atoms with Gasteiger partial charge in [0.25, 0.3) is 10.0 Å². The molecular formula is C18H18N4O2S. The van der Waals surface area contributed by atoms with Crippen LogP contribution < -0.4 is 4.83 Å². The van der Waals surface area contributed by atoms with Crippen LogP contribution in [-0.2, 0) is 10.0 Å². The molecule has 0 aliphatic carbocycles. The molecule has 0 unspecified atom stereocenters. The summed E-state index contributed by atoms with van der Waals surface area (Å²) in [5.41, 5.74) is 3.37. The molecule has 0 bridgehead atoms. The SMILES string of the molecule is C/C(=N/NS(=O)(=O)c1ccc(C)cc1)c1ccc(-n2ccnc2)cc1. The van der Waals surface area contributed by atoms with Crippen LogP contribution in [0, 0.1) is 6.92 Å². The molecule has 1 aromatic heterocycles. The fraction of sp³-hybridized carbons (Fsp3) is 0.111. The molecular weight excluding hydrogens is 336 g/mol. The van der Waals surface area contributed by atoms with Crippen molar-refractivity contribution < 1.29 is 8.42 Å². The second kappa shape index (κ2) is 6.90. The predicted octanol–water partition coefficient (Wildman–Crippen LogP) is 2.88. The number of nitrogens with one attached hydrogen (secondary N) is 1. The van der Waals surface area contributed by atoms with E-state index in [9.17, 15) is 8.42 Å². The summed E-state index contributed by atoms with van der Waals surface area (Å²) in [5.74, 6) is 0. The van der Waals surface area contributed by atoms with Gasteiger partial charge in [-0.25, -0.2) is 4.98 Å². The lowest BCUT2D eigenvalue weighted by Gasteiger charge is -2.07. The number of imidazole rings is 1. The van der Waals surface area contributed by atoms with Crippen molar-refractivity contribution in [2.45, 2.75) is 18.7 Å². The van der Waals surface area contributed by atoms with E-state index in [-0.39, 0.29) is 4.90 Å². The van der Waals surface area contributed by atoms with Crippen LogP contribution in [0.25, 0.3) is 5.69 Å². The van der Waals surface area contributed by atoms with Crippen LogP contribution in [0.2, 0.25) is 0 Å². The first-order valence-electron chi connectivity index (χ1n) is 7.67. The molecule has 25 heavy (non-hydrogen) atoms. The van der Waals surface area contributed by atoms with Gasteiger partial charge in [-0.2, -0.15) is 18.4 Å². The van der Waals surface area contributed by atoms with Gasteiger partial charge in [0.1, 0.15) is 0 Å². The van der Waals surface area contributed by atoms with E-state index >= 15 is 0 Å². The molecule has 0 atom stereocenters. The Labute approximate surface area is 146 Å².